The fourth-order valence-corrected chi connectivity index (χ4v) is 4.73. The first kappa shape index (κ1) is 16.8. The first-order valence-electron chi connectivity index (χ1n) is 8.90. The predicted octanol–water partition coefficient (Wildman–Crippen LogP) is 4.01. The molecular formula is C22H22O4. The molecule has 3 aliphatic rings. The number of hydrogen-bond acceptors (Lipinski definition) is 4. The minimum absolute atomic E-state index is 0.0858. The molecule has 0 spiro atoms. The van der Waals surface area contributed by atoms with Crippen LogP contribution >= 0.6 is 0 Å². The summed E-state index contributed by atoms with van der Waals surface area (Å²) in [5.74, 6) is 0.136. The molecule has 1 heterocycles. The van der Waals surface area contributed by atoms with E-state index in [1.165, 1.54) is 12.2 Å². The number of ether oxygens (including phenoxy) is 1. The number of benzene rings is 1. The first-order chi connectivity index (χ1) is 12.3. The van der Waals surface area contributed by atoms with Crippen LogP contribution in [0.15, 0.2) is 53.6 Å². The predicted molar refractivity (Wildman–Crippen MR) is 98.2 cm³/mol. The molecule has 134 valence electrons. The van der Waals surface area contributed by atoms with Crippen LogP contribution in [-0.4, -0.2) is 22.3 Å². The van der Waals surface area contributed by atoms with Gasteiger partial charge in [0.05, 0.1) is 5.41 Å². The van der Waals surface area contributed by atoms with Crippen LogP contribution in [0.3, 0.4) is 0 Å². The molecule has 3 unspecified atom stereocenters. The van der Waals surface area contributed by atoms with Crippen LogP contribution in [0, 0.1) is 5.41 Å². The van der Waals surface area contributed by atoms with Gasteiger partial charge in [-0.15, -0.1) is 0 Å². The average Bonchev–Trinajstić information content (AvgIpc) is 2.57. The van der Waals surface area contributed by atoms with Gasteiger partial charge in [0.25, 0.3) is 0 Å². The number of phenols is 1. The fourth-order valence-electron chi connectivity index (χ4n) is 4.73. The summed E-state index contributed by atoms with van der Waals surface area (Å²) in [5.41, 5.74) is 0.630. The molecule has 2 aliphatic carbocycles. The Morgan fingerprint density at radius 3 is 2.73 bits per heavy atom. The molecule has 1 aliphatic heterocycles. The lowest BCUT2D eigenvalue weighted by atomic mass is 9.49. The number of ketones is 2. The van der Waals surface area contributed by atoms with Crippen molar-refractivity contribution in [1.82, 2.24) is 0 Å². The molecule has 3 atom stereocenters. The summed E-state index contributed by atoms with van der Waals surface area (Å²) >= 11 is 0. The van der Waals surface area contributed by atoms with Gasteiger partial charge in [0, 0.05) is 17.9 Å². The summed E-state index contributed by atoms with van der Waals surface area (Å²) in [4.78, 5) is 26.4. The number of aromatic hydroxyl groups is 1. The van der Waals surface area contributed by atoms with Gasteiger partial charge in [0.2, 0.25) is 5.78 Å². The molecule has 1 N–H and O–H groups in total. The zero-order chi connectivity index (χ0) is 18.7. The highest BCUT2D eigenvalue weighted by atomic mass is 16.5. The Bertz CT molecular complexity index is 916. The second-order valence-electron chi connectivity index (χ2n) is 7.84. The summed E-state index contributed by atoms with van der Waals surface area (Å²) in [6.07, 6.45) is 7.67. The molecule has 0 radical (unpaired) electrons. The maximum atomic E-state index is 13.3. The molecule has 1 aromatic carbocycles. The van der Waals surface area contributed by atoms with Gasteiger partial charge in [0.1, 0.15) is 11.5 Å². The summed E-state index contributed by atoms with van der Waals surface area (Å²) in [6.45, 7) is 5.93. The maximum Gasteiger partial charge on any atom is 0.200 e. The van der Waals surface area contributed by atoms with Crippen molar-refractivity contribution in [3.8, 4) is 11.5 Å². The quantitative estimate of drug-likeness (QED) is 0.819. The van der Waals surface area contributed by atoms with Crippen molar-refractivity contribution in [1.29, 1.82) is 0 Å². The third kappa shape index (κ3) is 2.02. The molecule has 0 saturated heterocycles. The zero-order valence-electron chi connectivity index (χ0n) is 15.2. The van der Waals surface area contributed by atoms with Gasteiger partial charge < -0.3 is 9.84 Å². The smallest absolute Gasteiger partial charge is 0.200 e. The third-order valence-corrected chi connectivity index (χ3v) is 5.90. The van der Waals surface area contributed by atoms with Crippen molar-refractivity contribution in [2.24, 2.45) is 5.41 Å². The van der Waals surface area contributed by atoms with Crippen LogP contribution in [0.4, 0.5) is 0 Å². The highest BCUT2D eigenvalue weighted by molar-refractivity contribution is 6.14. The van der Waals surface area contributed by atoms with Crippen molar-refractivity contribution in [2.45, 2.75) is 45.1 Å². The van der Waals surface area contributed by atoms with Crippen LogP contribution in [-0.2, 0) is 9.59 Å². The zero-order valence-corrected chi connectivity index (χ0v) is 15.2. The summed E-state index contributed by atoms with van der Waals surface area (Å²) in [6, 6.07) is 4.89. The van der Waals surface area contributed by atoms with Gasteiger partial charge in [0.15, 0.2) is 11.4 Å². The summed E-state index contributed by atoms with van der Waals surface area (Å²) in [7, 11) is 0. The Morgan fingerprint density at radius 2 is 2.00 bits per heavy atom. The standard InChI is InChI=1S/C22H22O4/c1-13(2)8-9-21-17-10-14(3)12-22(21,20(25)7-6-19(21)24)26-18-5-4-15(23)11-16(17)18/h4-8,10-11,17,23H,9,12H2,1-3H3. The van der Waals surface area contributed by atoms with E-state index in [4.69, 9.17) is 4.74 Å². The summed E-state index contributed by atoms with van der Waals surface area (Å²) < 4.78 is 6.34. The van der Waals surface area contributed by atoms with Gasteiger partial charge in [-0.1, -0.05) is 23.3 Å². The van der Waals surface area contributed by atoms with Crippen molar-refractivity contribution < 1.29 is 19.4 Å². The molecule has 4 heteroatoms. The lowest BCUT2D eigenvalue weighted by molar-refractivity contribution is -0.162. The van der Waals surface area contributed by atoms with Gasteiger partial charge >= 0.3 is 0 Å². The van der Waals surface area contributed by atoms with E-state index in [-0.39, 0.29) is 23.2 Å². The largest absolute Gasteiger partial charge is 0.508 e. The van der Waals surface area contributed by atoms with Crippen molar-refractivity contribution in [3.05, 3.63) is 59.2 Å². The molecular weight excluding hydrogens is 328 g/mol. The van der Waals surface area contributed by atoms with E-state index in [1.807, 2.05) is 26.8 Å². The number of hydrogen-bond donors (Lipinski definition) is 1. The molecule has 4 nitrogen and oxygen atoms in total. The van der Waals surface area contributed by atoms with Crippen molar-refractivity contribution in [2.75, 3.05) is 0 Å². The molecule has 4 rings (SSSR count). The van der Waals surface area contributed by atoms with E-state index < -0.39 is 11.0 Å². The Kier molecular flexibility index (Phi) is 3.52. The van der Waals surface area contributed by atoms with Crippen molar-refractivity contribution >= 4 is 11.6 Å². The normalized spacial score (nSPS) is 31.5. The van der Waals surface area contributed by atoms with Gasteiger partial charge in [-0.25, -0.2) is 0 Å². The number of carbonyl (C=O) groups is 2. The maximum absolute atomic E-state index is 13.3. The second-order valence-corrected chi connectivity index (χ2v) is 7.84. The SMILES string of the molecule is CC(C)=CCC12C(=O)C=CC(=O)C13CC(C)=CC2c1cc(O)ccc1O3. The number of allylic oxidation sites excluding steroid dienone is 4. The monoisotopic (exact) mass is 350 g/mol. The molecule has 0 fully saturated rings. The van der Waals surface area contributed by atoms with E-state index in [0.717, 1.165) is 16.7 Å². The Morgan fingerprint density at radius 1 is 1.27 bits per heavy atom. The van der Waals surface area contributed by atoms with Crippen LogP contribution in [0.5, 0.6) is 11.5 Å². The second kappa shape index (κ2) is 5.44. The number of carbonyl (C=O) groups excluding carboxylic acids is 2. The van der Waals surface area contributed by atoms with Crippen LogP contribution in [0.25, 0.3) is 0 Å². The Balaban J connectivity index is 2.06. The van der Waals surface area contributed by atoms with Crippen LogP contribution in [0.2, 0.25) is 0 Å². The van der Waals surface area contributed by atoms with Crippen molar-refractivity contribution in [3.63, 3.8) is 0 Å². The average molecular weight is 350 g/mol. The van der Waals surface area contributed by atoms with E-state index in [2.05, 4.69) is 6.08 Å². The van der Waals surface area contributed by atoms with Gasteiger partial charge in [-0.05, 0) is 57.5 Å². The highest BCUT2D eigenvalue weighted by Crippen LogP contribution is 2.63. The molecule has 26 heavy (non-hydrogen) atoms. The lowest BCUT2D eigenvalue weighted by Gasteiger charge is -2.57. The molecule has 2 bridgehead atoms. The van der Waals surface area contributed by atoms with E-state index in [9.17, 15) is 14.7 Å². The lowest BCUT2D eigenvalue weighted by Crippen LogP contribution is -2.68. The molecule has 0 saturated carbocycles. The number of rotatable bonds is 2. The molecule has 0 aromatic heterocycles. The highest BCUT2D eigenvalue weighted by Gasteiger charge is 2.69. The topological polar surface area (TPSA) is 63.6 Å². The molecule has 0 amide bonds. The first-order valence-corrected chi connectivity index (χ1v) is 8.90. The Hall–Kier alpha value is -2.62. The minimum atomic E-state index is -1.22. The van der Waals surface area contributed by atoms with E-state index >= 15 is 0 Å². The van der Waals surface area contributed by atoms with Gasteiger partial charge in [-0.2, -0.15) is 0 Å². The Labute approximate surface area is 152 Å². The van der Waals surface area contributed by atoms with E-state index in [1.54, 1.807) is 18.2 Å². The van der Waals surface area contributed by atoms with Crippen LogP contribution in [0.1, 0.15) is 45.1 Å². The minimum Gasteiger partial charge on any atom is -0.508 e. The third-order valence-electron chi connectivity index (χ3n) is 5.90. The number of fused-ring (bicyclic) bond motifs is 2. The fraction of sp³-hybridized carbons (Fsp3) is 0.364. The van der Waals surface area contributed by atoms with E-state index in [0.29, 0.717) is 18.6 Å². The van der Waals surface area contributed by atoms with Crippen LogP contribution < -0.4 is 4.74 Å². The summed E-state index contributed by atoms with van der Waals surface area (Å²) in [5, 5.41) is 10.0. The number of phenolic OH excluding ortho intramolecular Hbond substituents is 1. The molecule has 1 aromatic rings. The van der Waals surface area contributed by atoms with Gasteiger partial charge in [-0.3, -0.25) is 9.59 Å².